The highest BCUT2D eigenvalue weighted by Crippen LogP contribution is 2.40. The number of hydrogen-bond acceptors (Lipinski definition) is 5. The molecule has 0 aliphatic rings. The zero-order chi connectivity index (χ0) is 22.4. The van der Waals surface area contributed by atoms with E-state index >= 15 is 0 Å². The van der Waals surface area contributed by atoms with Crippen molar-refractivity contribution in [3.05, 3.63) is 75.6 Å². The van der Waals surface area contributed by atoms with Crippen LogP contribution >= 0.6 is 22.9 Å². The monoisotopic (exact) mass is 455 g/mol. The summed E-state index contributed by atoms with van der Waals surface area (Å²) >= 11 is 7.45. The van der Waals surface area contributed by atoms with Gasteiger partial charge in [0.1, 0.15) is 16.3 Å². The summed E-state index contributed by atoms with van der Waals surface area (Å²) in [5, 5.41) is 3.78. The summed E-state index contributed by atoms with van der Waals surface area (Å²) in [6.45, 7) is 4.39. The van der Waals surface area contributed by atoms with Gasteiger partial charge in [0, 0.05) is 21.5 Å². The van der Waals surface area contributed by atoms with Gasteiger partial charge in [0.2, 0.25) is 5.91 Å². The fourth-order valence-corrected chi connectivity index (χ4v) is 4.36. The first kappa shape index (κ1) is 22.6. The van der Waals surface area contributed by atoms with Crippen molar-refractivity contribution in [1.82, 2.24) is 0 Å². The Morgan fingerprint density at radius 3 is 2.48 bits per heavy atom. The zero-order valence-electron chi connectivity index (χ0n) is 17.4. The lowest BCUT2D eigenvalue weighted by Crippen LogP contribution is -2.11. The van der Waals surface area contributed by atoms with Crippen LogP contribution in [-0.4, -0.2) is 25.6 Å². The van der Waals surface area contributed by atoms with Gasteiger partial charge in [-0.05, 0) is 49.2 Å². The second-order valence-corrected chi connectivity index (χ2v) is 8.16. The van der Waals surface area contributed by atoms with Gasteiger partial charge >= 0.3 is 5.97 Å². The van der Waals surface area contributed by atoms with E-state index in [1.807, 2.05) is 56.3 Å². The molecule has 1 N–H and O–H groups in total. The summed E-state index contributed by atoms with van der Waals surface area (Å²) < 4.78 is 10.5. The maximum atomic E-state index is 12.6. The number of amides is 1. The largest absolute Gasteiger partial charge is 0.494 e. The number of rotatable bonds is 7. The SMILES string of the molecule is CCOc1ccc(-c2c(C)sc(NC(=O)/C=C/c3ccccc3Cl)c2C(=O)OC)cc1. The highest BCUT2D eigenvalue weighted by atomic mass is 35.5. The van der Waals surface area contributed by atoms with Gasteiger partial charge < -0.3 is 14.8 Å². The minimum atomic E-state index is -0.515. The molecule has 1 amide bonds. The molecule has 1 heterocycles. The fraction of sp³-hybridized carbons (Fsp3) is 0.167. The summed E-state index contributed by atoms with van der Waals surface area (Å²) in [7, 11) is 1.32. The van der Waals surface area contributed by atoms with Crippen LogP contribution in [0.4, 0.5) is 5.00 Å². The Hall–Kier alpha value is -3.09. The van der Waals surface area contributed by atoms with Gasteiger partial charge in [-0.2, -0.15) is 0 Å². The summed E-state index contributed by atoms with van der Waals surface area (Å²) in [5.74, 6) is -0.139. The number of carbonyl (C=O) groups excluding carboxylic acids is 2. The molecule has 3 rings (SSSR count). The molecule has 0 radical (unpaired) electrons. The van der Waals surface area contributed by atoms with Gasteiger partial charge in [0.05, 0.1) is 13.7 Å². The molecule has 0 saturated heterocycles. The van der Waals surface area contributed by atoms with Crippen LogP contribution in [0.1, 0.15) is 27.7 Å². The Kier molecular flexibility index (Phi) is 7.50. The van der Waals surface area contributed by atoms with E-state index in [0.717, 1.165) is 27.3 Å². The van der Waals surface area contributed by atoms with E-state index < -0.39 is 5.97 Å². The Bertz CT molecular complexity index is 1120. The molecule has 0 aliphatic carbocycles. The molecule has 31 heavy (non-hydrogen) atoms. The lowest BCUT2D eigenvalue weighted by molar-refractivity contribution is -0.111. The second kappa shape index (κ2) is 10.3. The third-order valence-corrected chi connectivity index (χ3v) is 5.85. The van der Waals surface area contributed by atoms with Gasteiger partial charge in [0.15, 0.2) is 0 Å². The van der Waals surface area contributed by atoms with Gasteiger partial charge in [-0.15, -0.1) is 11.3 Å². The highest BCUT2D eigenvalue weighted by molar-refractivity contribution is 7.17. The molecule has 5 nitrogen and oxygen atoms in total. The number of halogens is 1. The molecule has 0 saturated carbocycles. The Labute approximate surface area is 190 Å². The first-order valence-corrected chi connectivity index (χ1v) is 10.8. The van der Waals surface area contributed by atoms with Crippen molar-refractivity contribution in [3.63, 3.8) is 0 Å². The topological polar surface area (TPSA) is 64.6 Å². The standard InChI is InChI=1S/C24H22ClNO4S/c1-4-30-18-12-9-17(10-13-18)21-15(2)31-23(22(21)24(28)29-3)26-20(27)14-11-16-7-5-6-8-19(16)25/h5-14H,4H2,1-3H3,(H,26,27)/b14-11+. The van der Waals surface area contributed by atoms with E-state index in [9.17, 15) is 9.59 Å². The molecule has 3 aromatic rings. The second-order valence-electron chi connectivity index (χ2n) is 6.53. The maximum Gasteiger partial charge on any atom is 0.341 e. The number of esters is 1. The van der Waals surface area contributed by atoms with Crippen molar-refractivity contribution in [2.24, 2.45) is 0 Å². The van der Waals surface area contributed by atoms with Crippen LogP contribution in [0.25, 0.3) is 17.2 Å². The average Bonchev–Trinajstić information content (AvgIpc) is 3.08. The number of hydrogen-bond donors (Lipinski definition) is 1. The molecular weight excluding hydrogens is 434 g/mol. The number of methoxy groups -OCH3 is 1. The summed E-state index contributed by atoms with van der Waals surface area (Å²) in [6.07, 6.45) is 3.01. The average molecular weight is 456 g/mol. The maximum absolute atomic E-state index is 12.6. The van der Waals surface area contributed by atoms with Gasteiger partial charge in [0.25, 0.3) is 0 Å². The van der Waals surface area contributed by atoms with E-state index in [4.69, 9.17) is 21.1 Å². The third kappa shape index (κ3) is 5.34. The van der Waals surface area contributed by atoms with E-state index in [1.165, 1.54) is 24.5 Å². The zero-order valence-corrected chi connectivity index (χ0v) is 19.0. The molecule has 2 aromatic carbocycles. The molecule has 7 heteroatoms. The summed E-state index contributed by atoms with van der Waals surface area (Å²) in [5.41, 5.74) is 2.62. The first-order valence-electron chi connectivity index (χ1n) is 9.63. The lowest BCUT2D eigenvalue weighted by Gasteiger charge is -2.08. The molecule has 0 aliphatic heterocycles. The molecule has 0 bridgehead atoms. The normalized spacial score (nSPS) is 10.8. The fourth-order valence-electron chi connectivity index (χ4n) is 3.09. The molecule has 0 atom stereocenters. The van der Waals surface area contributed by atoms with Crippen LogP contribution in [0.15, 0.2) is 54.6 Å². The van der Waals surface area contributed by atoms with Crippen molar-refractivity contribution < 1.29 is 19.1 Å². The lowest BCUT2D eigenvalue weighted by atomic mass is 10.0. The minimum Gasteiger partial charge on any atom is -0.494 e. The van der Waals surface area contributed by atoms with E-state index in [0.29, 0.717) is 22.2 Å². The van der Waals surface area contributed by atoms with Crippen LogP contribution in [0, 0.1) is 6.92 Å². The van der Waals surface area contributed by atoms with Crippen molar-refractivity contribution in [2.75, 3.05) is 19.0 Å². The number of benzene rings is 2. The summed E-state index contributed by atoms with van der Waals surface area (Å²) in [6, 6.07) is 14.7. The smallest absolute Gasteiger partial charge is 0.341 e. The van der Waals surface area contributed by atoms with Crippen LogP contribution in [0.2, 0.25) is 5.02 Å². The third-order valence-electron chi connectivity index (χ3n) is 4.48. The number of aryl methyl sites for hydroxylation is 1. The minimum absolute atomic E-state index is 0.327. The molecular formula is C24H22ClNO4S. The first-order chi connectivity index (χ1) is 14.9. The molecule has 0 fully saturated rings. The van der Waals surface area contributed by atoms with Gasteiger partial charge in [-0.25, -0.2) is 4.79 Å². The molecule has 0 spiro atoms. The predicted molar refractivity (Wildman–Crippen MR) is 126 cm³/mol. The van der Waals surface area contributed by atoms with Crippen molar-refractivity contribution in [3.8, 4) is 16.9 Å². The number of thiophene rings is 1. The van der Waals surface area contributed by atoms with E-state index in [-0.39, 0.29) is 5.91 Å². The van der Waals surface area contributed by atoms with E-state index in [2.05, 4.69) is 5.32 Å². The summed E-state index contributed by atoms with van der Waals surface area (Å²) in [4.78, 5) is 26.0. The molecule has 160 valence electrons. The van der Waals surface area contributed by atoms with Gasteiger partial charge in [-0.3, -0.25) is 4.79 Å². The Balaban J connectivity index is 1.92. The highest BCUT2D eigenvalue weighted by Gasteiger charge is 2.24. The van der Waals surface area contributed by atoms with Crippen LogP contribution in [0.5, 0.6) is 5.75 Å². The Morgan fingerprint density at radius 1 is 1.13 bits per heavy atom. The van der Waals surface area contributed by atoms with Crippen LogP contribution in [-0.2, 0) is 9.53 Å². The van der Waals surface area contributed by atoms with Gasteiger partial charge in [-0.1, -0.05) is 41.9 Å². The molecule has 1 aromatic heterocycles. The van der Waals surface area contributed by atoms with Crippen molar-refractivity contribution in [1.29, 1.82) is 0 Å². The molecule has 0 unspecified atom stereocenters. The van der Waals surface area contributed by atoms with Crippen molar-refractivity contribution in [2.45, 2.75) is 13.8 Å². The van der Waals surface area contributed by atoms with Crippen molar-refractivity contribution >= 4 is 45.9 Å². The Morgan fingerprint density at radius 2 is 1.84 bits per heavy atom. The number of nitrogens with one attached hydrogen (secondary N) is 1. The number of anilines is 1. The van der Waals surface area contributed by atoms with E-state index in [1.54, 1.807) is 12.1 Å². The van der Waals surface area contributed by atoms with Crippen LogP contribution < -0.4 is 10.1 Å². The number of ether oxygens (including phenoxy) is 2. The number of carbonyl (C=O) groups is 2. The quantitative estimate of drug-likeness (QED) is 0.339. The van der Waals surface area contributed by atoms with Crippen LogP contribution in [0.3, 0.4) is 0 Å². The predicted octanol–water partition coefficient (Wildman–Crippen LogP) is 6.21.